The lowest BCUT2D eigenvalue weighted by atomic mass is 10.1. The molecule has 0 aliphatic heterocycles. The Morgan fingerprint density at radius 1 is 1.24 bits per heavy atom. The van der Waals surface area contributed by atoms with Crippen LogP contribution in [0, 0.1) is 6.92 Å². The number of benzene rings is 1. The van der Waals surface area contributed by atoms with Crippen molar-refractivity contribution in [3.05, 3.63) is 66.1 Å². The summed E-state index contributed by atoms with van der Waals surface area (Å²) in [6.45, 7) is 1.69. The zero-order valence-electron chi connectivity index (χ0n) is 13.8. The van der Waals surface area contributed by atoms with Gasteiger partial charge in [0.25, 0.3) is 0 Å². The highest BCUT2D eigenvalue weighted by Crippen LogP contribution is 2.28. The third kappa shape index (κ3) is 3.92. The van der Waals surface area contributed by atoms with E-state index in [0.717, 1.165) is 0 Å². The fraction of sp³-hybridized carbons (Fsp3) is 0.176. The van der Waals surface area contributed by atoms with Crippen molar-refractivity contribution in [2.45, 2.75) is 13.0 Å². The Kier molecular flexibility index (Phi) is 4.89. The molecular formula is C17H17N5O3. The molecular weight excluding hydrogens is 322 g/mol. The Bertz CT molecular complexity index is 850. The highest BCUT2D eigenvalue weighted by molar-refractivity contribution is 5.89. The molecule has 8 nitrogen and oxygen atoms in total. The highest BCUT2D eigenvalue weighted by atomic mass is 16.5. The molecule has 0 fully saturated rings. The molecule has 0 saturated carbocycles. The number of nitrogens with zero attached hydrogens (tertiary/aromatic N) is 3. The van der Waals surface area contributed by atoms with Gasteiger partial charge in [-0.3, -0.25) is 4.98 Å². The number of nitrogens with one attached hydrogen (secondary N) is 2. The molecule has 0 saturated heterocycles. The van der Waals surface area contributed by atoms with Crippen LogP contribution in [-0.4, -0.2) is 28.3 Å². The van der Waals surface area contributed by atoms with Crippen LogP contribution in [0.1, 0.15) is 23.3 Å². The summed E-state index contributed by atoms with van der Waals surface area (Å²) in [4.78, 5) is 20.6. The summed E-state index contributed by atoms with van der Waals surface area (Å²) < 4.78 is 10.4. The van der Waals surface area contributed by atoms with Gasteiger partial charge in [-0.15, -0.1) is 0 Å². The number of hydrogen-bond donors (Lipinski definition) is 2. The van der Waals surface area contributed by atoms with Crippen molar-refractivity contribution in [3.8, 4) is 5.75 Å². The largest absolute Gasteiger partial charge is 0.496 e. The van der Waals surface area contributed by atoms with Gasteiger partial charge >= 0.3 is 6.03 Å². The molecule has 0 bridgehead atoms. The molecule has 0 spiro atoms. The van der Waals surface area contributed by atoms with Crippen molar-refractivity contribution in [2.75, 3.05) is 12.4 Å². The molecule has 25 heavy (non-hydrogen) atoms. The molecule has 1 unspecified atom stereocenters. The second-order valence-electron chi connectivity index (χ2n) is 5.19. The van der Waals surface area contributed by atoms with Crippen LogP contribution in [0.5, 0.6) is 5.75 Å². The van der Waals surface area contributed by atoms with Gasteiger partial charge in [0.2, 0.25) is 5.89 Å². The summed E-state index contributed by atoms with van der Waals surface area (Å²) >= 11 is 0. The number of urea groups is 1. The minimum atomic E-state index is -0.634. The van der Waals surface area contributed by atoms with Crippen LogP contribution in [0.3, 0.4) is 0 Å². The van der Waals surface area contributed by atoms with Crippen molar-refractivity contribution in [2.24, 2.45) is 0 Å². The van der Waals surface area contributed by atoms with Crippen LogP contribution in [0.25, 0.3) is 0 Å². The lowest BCUT2D eigenvalue weighted by Gasteiger charge is -2.18. The average Bonchev–Trinajstić information content (AvgIpc) is 3.06. The Labute approximate surface area is 144 Å². The molecule has 3 rings (SSSR count). The first kappa shape index (κ1) is 16.4. The van der Waals surface area contributed by atoms with Crippen LogP contribution in [0.4, 0.5) is 10.5 Å². The number of hydrogen-bond acceptors (Lipinski definition) is 6. The van der Waals surface area contributed by atoms with E-state index in [0.29, 0.717) is 28.7 Å². The summed E-state index contributed by atoms with van der Waals surface area (Å²) in [5.41, 5.74) is 1.29. The molecule has 8 heteroatoms. The number of pyridine rings is 1. The monoisotopic (exact) mass is 339 g/mol. The van der Waals surface area contributed by atoms with Gasteiger partial charge in [-0.2, -0.15) is 4.98 Å². The molecule has 1 aromatic carbocycles. The van der Waals surface area contributed by atoms with Crippen molar-refractivity contribution >= 4 is 11.7 Å². The highest BCUT2D eigenvalue weighted by Gasteiger charge is 2.25. The number of methoxy groups -OCH3 is 1. The second-order valence-corrected chi connectivity index (χ2v) is 5.19. The van der Waals surface area contributed by atoms with Crippen LogP contribution >= 0.6 is 0 Å². The zero-order valence-corrected chi connectivity index (χ0v) is 13.8. The van der Waals surface area contributed by atoms with Gasteiger partial charge in [-0.25, -0.2) is 4.79 Å². The number of anilines is 1. The molecule has 0 radical (unpaired) electrons. The predicted octanol–water partition coefficient (Wildman–Crippen LogP) is 2.69. The van der Waals surface area contributed by atoms with E-state index in [-0.39, 0.29) is 0 Å². The fourth-order valence-corrected chi connectivity index (χ4v) is 2.35. The van der Waals surface area contributed by atoms with Crippen molar-refractivity contribution < 1.29 is 14.1 Å². The first-order valence-electron chi connectivity index (χ1n) is 7.58. The smallest absolute Gasteiger partial charge is 0.320 e. The lowest BCUT2D eigenvalue weighted by molar-refractivity contribution is 0.249. The molecule has 2 aromatic heterocycles. The van der Waals surface area contributed by atoms with E-state index in [2.05, 4.69) is 25.8 Å². The average molecular weight is 339 g/mol. The molecule has 3 aromatic rings. The molecule has 2 heterocycles. The number of carbonyl (C=O) groups excluding carboxylic acids is 1. The second kappa shape index (κ2) is 7.43. The summed E-state index contributed by atoms with van der Waals surface area (Å²) in [5.74, 6) is 1.35. The van der Waals surface area contributed by atoms with E-state index in [1.54, 1.807) is 44.6 Å². The van der Waals surface area contributed by atoms with Crippen molar-refractivity contribution in [1.82, 2.24) is 20.4 Å². The van der Waals surface area contributed by atoms with Gasteiger partial charge in [-0.05, 0) is 18.2 Å². The minimum absolute atomic E-state index is 0.336. The van der Waals surface area contributed by atoms with E-state index in [1.807, 2.05) is 18.2 Å². The first-order valence-corrected chi connectivity index (χ1v) is 7.58. The first-order chi connectivity index (χ1) is 12.2. The third-order valence-corrected chi connectivity index (χ3v) is 3.45. The molecule has 1 atom stereocenters. The van der Waals surface area contributed by atoms with Gasteiger partial charge < -0.3 is 19.9 Å². The van der Waals surface area contributed by atoms with E-state index >= 15 is 0 Å². The van der Waals surface area contributed by atoms with Crippen molar-refractivity contribution in [3.63, 3.8) is 0 Å². The summed E-state index contributed by atoms with van der Waals surface area (Å²) in [5, 5.41) is 9.49. The zero-order chi connectivity index (χ0) is 17.6. The maximum atomic E-state index is 12.4. The summed E-state index contributed by atoms with van der Waals surface area (Å²) in [6.07, 6.45) is 3.18. The molecule has 0 aliphatic rings. The SMILES string of the molecule is COc1ccccc1C(NC(=O)Nc1cccnc1)c1noc(C)n1. The number of amides is 2. The lowest BCUT2D eigenvalue weighted by Crippen LogP contribution is -2.34. The normalized spacial score (nSPS) is 11.6. The van der Waals surface area contributed by atoms with Gasteiger partial charge in [-0.1, -0.05) is 23.4 Å². The van der Waals surface area contributed by atoms with E-state index in [1.165, 1.54) is 0 Å². The topological polar surface area (TPSA) is 102 Å². The van der Waals surface area contributed by atoms with E-state index in [4.69, 9.17) is 9.26 Å². The van der Waals surface area contributed by atoms with Crippen LogP contribution in [-0.2, 0) is 0 Å². The van der Waals surface area contributed by atoms with E-state index in [9.17, 15) is 4.79 Å². The quantitative estimate of drug-likeness (QED) is 0.741. The van der Waals surface area contributed by atoms with Gasteiger partial charge in [0.05, 0.1) is 19.0 Å². The number of aryl methyl sites for hydroxylation is 1. The predicted molar refractivity (Wildman–Crippen MR) is 90.3 cm³/mol. The van der Waals surface area contributed by atoms with Gasteiger partial charge in [0, 0.05) is 18.7 Å². The Hall–Kier alpha value is -3.42. The van der Waals surface area contributed by atoms with Gasteiger partial charge in [0.15, 0.2) is 5.82 Å². The van der Waals surface area contributed by atoms with Crippen LogP contribution < -0.4 is 15.4 Å². The van der Waals surface area contributed by atoms with Crippen LogP contribution in [0.15, 0.2) is 53.3 Å². The Morgan fingerprint density at radius 2 is 2.08 bits per heavy atom. The number of para-hydroxylation sites is 1. The number of ether oxygens (including phenoxy) is 1. The number of rotatable bonds is 5. The van der Waals surface area contributed by atoms with E-state index < -0.39 is 12.1 Å². The molecule has 0 aliphatic carbocycles. The van der Waals surface area contributed by atoms with Gasteiger partial charge in [0.1, 0.15) is 11.8 Å². The summed E-state index contributed by atoms with van der Waals surface area (Å²) in [7, 11) is 1.56. The Balaban J connectivity index is 1.88. The Morgan fingerprint density at radius 3 is 2.76 bits per heavy atom. The molecule has 2 N–H and O–H groups in total. The minimum Gasteiger partial charge on any atom is -0.496 e. The third-order valence-electron chi connectivity index (χ3n) is 3.45. The standard InChI is InChI=1S/C17H17N5O3/c1-11-19-16(22-25-11)15(13-7-3-4-8-14(13)24-2)21-17(23)20-12-6-5-9-18-10-12/h3-10,15H,1-2H3,(H2,20,21,23). The molecule has 2 amide bonds. The van der Waals surface area contributed by atoms with Crippen molar-refractivity contribution in [1.29, 1.82) is 0 Å². The summed E-state index contributed by atoms with van der Waals surface area (Å²) in [6, 6.07) is 9.74. The van der Waals surface area contributed by atoms with Crippen LogP contribution in [0.2, 0.25) is 0 Å². The number of carbonyl (C=O) groups is 1. The fourth-order valence-electron chi connectivity index (χ4n) is 2.35. The maximum absolute atomic E-state index is 12.4. The number of aromatic nitrogens is 3. The maximum Gasteiger partial charge on any atom is 0.320 e. The molecule has 128 valence electrons.